The number of carbonyl (C=O) groups is 1. The summed E-state index contributed by atoms with van der Waals surface area (Å²) in [6.45, 7) is 5.67. The van der Waals surface area contributed by atoms with Crippen molar-refractivity contribution in [1.82, 2.24) is 5.32 Å². The monoisotopic (exact) mass is 203 g/mol. The first kappa shape index (κ1) is 12.1. The fraction of sp³-hybridized carbons (Fsp3) is 0.667. The van der Waals surface area contributed by atoms with Crippen molar-refractivity contribution in [3.8, 4) is 11.8 Å². The summed E-state index contributed by atoms with van der Waals surface area (Å²) in [5.74, 6) is 5.54. The van der Waals surface area contributed by atoms with Crippen LogP contribution in [0.2, 0.25) is 0 Å². The van der Waals surface area contributed by atoms with Crippen LogP contribution in [-0.2, 0) is 4.74 Å². The molecule has 1 N–H and O–H groups in total. The van der Waals surface area contributed by atoms with Crippen LogP contribution in [0.15, 0.2) is 0 Å². The third-order valence-electron chi connectivity index (χ3n) is 0.912. The van der Waals surface area contributed by atoms with Gasteiger partial charge in [0.1, 0.15) is 5.60 Å². The zero-order valence-corrected chi connectivity index (χ0v) is 8.86. The van der Waals surface area contributed by atoms with Gasteiger partial charge in [-0.05, 0) is 20.8 Å². The van der Waals surface area contributed by atoms with Gasteiger partial charge in [-0.15, -0.1) is 11.6 Å². The molecule has 0 saturated carbocycles. The highest BCUT2D eigenvalue weighted by Gasteiger charge is 2.14. The van der Waals surface area contributed by atoms with Crippen LogP contribution in [0.4, 0.5) is 4.79 Å². The first-order valence-corrected chi connectivity index (χ1v) is 4.47. The zero-order valence-electron chi connectivity index (χ0n) is 8.11. The van der Waals surface area contributed by atoms with Crippen molar-refractivity contribution in [2.75, 3.05) is 12.4 Å². The quantitative estimate of drug-likeness (QED) is 0.521. The van der Waals surface area contributed by atoms with Gasteiger partial charge in [0, 0.05) is 0 Å². The summed E-state index contributed by atoms with van der Waals surface area (Å²) in [4.78, 5) is 11.0. The number of alkyl carbamates (subject to hydrolysis) is 1. The van der Waals surface area contributed by atoms with Crippen molar-refractivity contribution in [2.24, 2.45) is 0 Å². The predicted molar refractivity (Wildman–Crippen MR) is 52.7 cm³/mol. The Balaban J connectivity index is 3.64. The molecule has 0 rings (SSSR count). The maximum atomic E-state index is 11.0. The summed E-state index contributed by atoms with van der Waals surface area (Å²) in [6, 6.07) is 0. The maximum Gasteiger partial charge on any atom is 0.408 e. The molecule has 0 atom stereocenters. The topological polar surface area (TPSA) is 38.3 Å². The number of carbonyl (C=O) groups excluding carboxylic acids is 1. The molecule has 0 aromatic heterocycles. The molecular weight excluding hydrogens is 190 g/mol. The highest BCUT2D eigenvalue weighted by atomic mass is 35.5. The third kappa shape index (κ3) is 9.03. The Morgan fingerprint density at radius 3 is 2.54 bits per heavy atom. The first-order valence-electron chi connectivity index (χ1n) is 3.94. The zero-order chi connectivity index (χ0) is 10.3. The molecule has 0 aliphatic rings. The largest absolute Gasteiger partial charge is 0.444 e. The highest BCUT2D eigenvalue weighted by molar-refractivity contribution is 6.19. The number of ether oxygens (including phenoxy) is 1. The molecule has 0 aliphatic heterocycles. The first-order chi connectivity index (χ1) is 5.95. The second kappa shape index (κ2) is 5.71. The van der Waals surface area contributed by atoms with Crippen LogP contribution in [0.1, 0.15) is 20.8 Å². The highest BCUT2D eigenvalue weighted by Crippen LogP contribution is 2.05. The molecule has 0 radical (unpaired) electrons. The van der Waals surface area contributed by atoms with Crippen LogP contribution in [0, 0.1) is 11.8 Å². The number of halogens is 1. The van der Waals surface area contributed by atoms with E-state index in [9.17, 15) is 4.79 Å². The van der Waals surface area contributed by atoms with Crippen LogP contribution < -0.4 is 5.32 Å². The fourth-order valence-corrected chi connectivity index (χ4v) is 0.635. The average molecular weight is 204 g/mol. The molecule has 0 heterocycles. The minimum absolute atomic E-state index is 0.266. The molecule has 0 spiro atoms. The van der Waals surface area contributed by atoms with Gasteiger partial charge >= 0.3 is 6.09 Å². The summed E-state index contributed by atoms with van der Waals surface area (Å²) in [6.07, 6.45) is -0.462. The molecule has 3 nitrogen and oxygen atoms in total. The number of alkyl halides is 1. The second-order valence-electron chi connectivity index (χ2n) is 3.34. The van der Waals surface area contributed by atoms with Gasteiger partial charge in [-0.2, -0.15) is 0 Å². The molecule has 0 bridgehead atoms. The van der Waals surface area contributed by atoms with E-state index in [-0.39, 0.29) is 12.4 Å². The van der Waals surface area contributed by atoms with Crippen LogP contribution in [0.5, 0.6) is 0 Å². The van der Waals surface area contributed by atoms with E-state index in [2.05, 4.69) is 17.2 Å². The number of hydrogen-bond acceptors (Lipinski definition) is 2. The van der Waals surface area contributed by atoms with Crippen molar-refractivity contribution in [2.45, 2.75) is 26.4 Å². The second-order valence-corrected chi connectivity index (χ2v) is 3.61. The van der Waals surface area contributed by atoms with Gasteiger partial charge in [-0.1, -0.05) is 11.8 Å². The Bertz CT molecular complexity index is 222. The van der Waals surface area contributed by atoms with E-state index in [0.717, 1.165) is 0 Å². The molecule has 13 heavy (non-hydrogen) atoms. The molecule has 74 valence electrons. The van der Waals surface area contributed by atoms with Crippen molar-refractivity contribution >= 4 is 17.7 Å². The molecule has 0 unspecified atom stereocenters. The summed E-state index contributed by atoms with van der Waals surface area (Å²) in [5, 5.41) is 2.48. The molecular formula is C9H14ClNO2. The molecule has 0 aromatic rings. The van der Waals surface area contributed by atoms with Crippen LogP contribution in [-0.4, -0.2) is 24.1 Å². The van der Waals surface area contributed by atoms with E-state index in [1.807, 2.05) is 0 Å². The lowest BCUT2D eigenvalue weighted by Gasteiger charge is -2.18. The smallest absolute Gasteiger partial charge is 0.408 e. The summed E-state index contributed by atoms with van der Waals surface area (Å²) < 4.78 is 4.97. The van der Waals surface area contributed by atoms with Gasteiger partial charge in [-0.25, -0.2) is 4.79 Å². The number of nitrogens with one attached hydrogen (secondary N) is 1. The normalized spacial score (nSPS) is 9.85. The van der Waals surface area contributed by atoms with Gasteiger partial charge in [0.2, 0.25) is 0 Å². The summed E-state index contributed by atoms with van der Waals surface area (Å²) in [7, 11) is 0. The van der Waals surface area contributed by atoms with Crippen LogP contribution >= 0.6 is 11.6 Å². The van der Waals surface area contributed by atoms with E-state index >= 15 is 0 Å². The van der Waals surface area contributed by atoms with E-state index in [1.54, 1.807) is 20.8 Å². The molecule has 0 fully saturated rings. The number of hydrogen-bond donors (Lipinski definition) is 1. The lowest BCUT2D eigenvalue weighted by atomic mass is 10.2. The maximum absolute atomic E-state index is 11.0. The van der Waals surface area contributed by atoms with E-state index in [4.69, 9.17) is 16.3 Å². The lowest BCUT2D eigenvalue weighted by Crippen LogP contribution is -2.32. The molecule has 0 aliphatic carbocycles. The average Bonchev–Trinajstić information content (AvgIpc) is 1.94. The Kier molecular flexibility index (Phi) is 5.33. The minimum atomic E-state index is -0.468. The van der Waals surface area contributed by atoms with Crippen molar-refractivity contribution in [3.05, 3.63) is 0 Å². The van der Waals surface area contributed by atoms with Crippen molar-refractivity contribution < 1.29 is 9.53 Å². The number of amides is 1. The van der Waals surface area contributed by atoms with Crippen LogP contribution in [0.3, 0.4) is 0 Å². The molecule has 0 aromatic carbocycles. The van der Waals surface area contributed by atoms with Gasteiger partial charge in [-0.3, -0.25) is 0 Å². The minimum Gasteiger partial charge on any atom is -0.444 e. The van der Waals surface area contributed by atoms with Crippen molar-refractivity contribution in [3.63, 3.8) is 0 Å². The molecule has 1 amide bonds. The van der Waals surface area contributed by atoms with E-state index in [0.29, 0.717) is 0 Å². The lowest BCUT2D eigenvalue weighted by molar-refractivity contribution is 0.0535. The Labute approximate surface area is 83.8 Å². The van der Waals surface area contributed by atoms with Crippen molar-refractivity contribution in [1.29, 1.82) is 0 Å². The number of rotatable bonds is 1. The fourth-order valence-electron chi connectivity index (χ4n) is 0.540. The molecule has 0 saturated heterocycles. The van der Waals surface area contributed by atoms with E-state index < -0.39 is 11.7 Å². The Morgan fingerprint density at radius 2 is 2.08 bits per heavy atom. The Hall–Kier alpha value is -0.880. The Morgan fingerprint density at radius 1 is 1.46 bits per heavy atom. The predicted octanol–water partition coefficient (Wildman–Crippen LogP) is 1.75. The molecule has 4 heteroatoms. The van der Waals surface area contributed by atoms with Gasteiger partial charge in [0.25, 0.3) is 0 Å². The van der Waals surface area contributed by atoms with E-state index in [1.165, 1.54) is 0 Å². The van der Waals surface area contributed by atoms with Gasteiger partial charge in [0.15, 0.2) is 0 Å². The van der Waals surface area contributed by atoms with Crippen LogP contribution in [0.25, 0.3) is 0 Å². The summed E-state index contributed by atoms with van der Waals surface area (Å²) in [5.41, 5.74) is -0.468. The third-order valence-corrected chi connectivity index (χ3v) is 1.05. The van der Waals surface area contributed by atoms with Gasteiger partial charge < -0.3 is 10.1 Å². The van der Waals surface area contributed by atoms with Gasteiger partial charge in [0.05, 0.1) is 12.4 Å². The SMILES string of the molecule is CC(C)(C)OC(=O)NCC#CCCl. The standard InChI is InChI=1S/C9H14ClNO2/c1-9(2,3)13-8(12)11-7-5-4-6-10/h6-7H2,1-3H3,(H,11,12). The summed E-state index contributed by atoms with van der Waals surface area (Å²) >= 11 is 5.31.